The minimum absolute atomic E-state index is 0. The van der Waals surface area contributed by atoms with E-state index in [1.54, 1.807) is 6.26 Å². The van der Waals surface area contributed by atoms with Crippen LogP contribution in [0.1, 0.15) is 18.2 Å². The largest absolute Gasteiger partial charge is 0.434 e. The molecule has 166 valence electrons. The summed E-state index contributed by atoms with van der Waals surface area (Å²) in [7, 11) is 0. The normalized spacial score (nSPS) is 15.2. The van der Waals surface area contributed by atoms with Crippen LogP contribution in [0.25, 0.3) is 0 Å². The van der Waals surface area contributed by atoms with Crippen molar-refractivity contribution in [3.8, 4) is 5.75 Å². The number of guanidine groups is 1. The zero-order valence-corrected chi connectivity index (χ0v) is 18.9. The van der Waals surface area contributed by atoms with Crippen molar-refractivity contribution < 1.29 is 22.4 Å². The molecule has 7 nitrogen and oxygen atoms in total. The highest BCUT2D eigenvalue weighted by Crippen LogP contribution is 2.24. The van der Waals surface area contributed by atoms with Gasteiger partial charge in [-0.05, 0) is 19.1 Å². The van der Waals surface area contributed by atoms with Gasteiger partial charge in [0, 0.05) is 45.3 Å². The monoisotopic (exact) mass is 539 g/mol. The number of piperazine rings is 1. The summed E-state index contributed by atoms with van der Waals surface area (Å²) >= 11 is 0. The van der Waals surface area contributed by atoms with Crippen LogP contribution in [0.4, 0.5) is 13.2 Å². The fourth-order valence-electron chi connectivity index (χ4n) is 3.14. The summed E-state index contributed by atoms with van der Waals surface area (Å²) < 4.78 is 48.7. The van der Waals surface area contributed by atoms with Gasteiger partial charge < -0.3 is 19.5 Å². The quantitative estimate of drug-likeness (QED) is 0.331. The van der Waals surface area contributed by atoms with E-state index in [9.17, 15) is 13.2 Å². The summed E-state index contributed by atoms with van der Waals surface area (Å²) in [6.45, 7) is 3.21. The second kappa shape index (κ2) is 12.0. The van der Waals surface area contributed by atoms with E-state index in [1.807, 2.05) is 13.0 Å². The van der Waals surface area contributed by atoms with E-state index in [0.717, 1.165) is 31.9 Å². The van der Waals surface area contributed by atoms with E-state index in [0.29, 0.717) is 19.0 Å². The molecule has 1 aromatic carbocycles. The molecule has 1 N–H and O–H groups in total. The van der Waals surface area contributed by atoms with E-state index in [4.69, 9.17) is 4.52 Å². The highest BCUT2D eigenvalue weighted by molar-refractivity contribution is 14.0. The van der Waals surface area contributed by atoms with E-state index in [2.05, 4.69) is 30.0 Å². The molecule has 3 rings (SSSR count). The molecule has 0 bridgehead atoms. The fraction of sp³-hybridized carbons (Fsp3) is 0.474. The molecule has 1 saturated heterocycles. The second-order valence-electron chi connectivity index (χ2n) is 6.52. The van der Waals surface area contributed by atoms with Crippen molar-refractivity contribution in [1.82, 2.24) is 20.3 Å². The Morgan fingerprint density at radius 1 is 1.27 bits per heavy atom. The van der Waals surface area contributed by atoms with Crippen LogP contribution in [0.15, 0.2) is 40.0 Å². The lowest BCUT2D eigenvalue weighted by Gasteiger charge is -2.36. The zero-order valence-electron chi connectivity index (χ0n) is 16.6. The number of ether oxygens (including phenoxy) is 1. The highest BCUT2D eigenvalue weighted by atomic mass is 127. The van der Waals surface area contributed by atoms with Crippen LogP contribution in [-0.2, 0) is 13.1 Å². The van der Waals surface area contributed by atoms with Crippen LogP contribution in [0.5, 0.6) is 5.75 Å². The predicted molar refractivity (Wildman–Crippen MR) is 117 cm³/mol. The fourth-order valence-corrected chi connectivity index (χ4v) is 3.14. The lowest BCUT2D eigenvalue weighted by atomic mass is 10.2. The Labute approximate surface area is 190 Å². The lowest BCUT2D eigenvalue weighted by molar-refractivity contribution is -0.0506. The minimum atomic E-state index is -3.02. The van der Waals surface area contributed by atoms with Crippen LogP contribution in [-0.4, -0.2) is 60.3 Å². The summed E-state index contributed by atoms with van der Waals surface area (Å²) in [6, 6.07) is 5.69. The van der Waals surface area contributed by atoms with E-state index < -0.39 is 12.4 Å². The molecule has 0 aliphatic carbocycles. The summed E-state index contributed by atoms with van der Waals surface area (Å²) in [5.41, 5.74) is 0.887. The molecular formula is C19H25F3IN5O2. The van der Waals surface area contributed by atoms with Gasteiger partial charge in [-0.1, -0.05) is 11.2 Å². The number of nitrogens with one attached hydrogen (secondary N) is 1. The molecule has 0 unspecified atom stereocenters. The summed E-state index contributed by atoms with van der Waals surface area (Å²) in [4.78, 5) is 8.78. The number of benzene rings is 1. The van der Waals surface area contributed by atoms with Crippen LogP contribution in [0, 0.1) is 5.82 Å². The predicted octanol–water partition coefficient (Wildman–Crippen LogP) is 3.32. The second-order valence-corrected chi connectivity index (χ2v) is 6.52. The number of hydrogen-bond acceptors (Lipinski definition) is 5. The smallest absolute Gasteiger partial charge is 0.387 e. The average molecular weight is 539 g/mol. The maximum atomic E-state index is 14.2. The molecule has 30 heavy (non-hydrogen) atoms. The molecule has 1 aliphatic rings. The van der Waals surface area contributed by atoms with Gasteiger partial charge in [-0.15, -0.1) is 24.0 Å². The van der Waals surface area contributed by atoms with Crippen molar-refractivity contribution in [3.05, 3.63) is 47.6 Å². The van der Waals surface area contributed by atoms with Crippen LogP contribution in [0.3, 0.4) is 0 Å². The van der Waals surface area contributed by atoms with E-state index in [-0.39, 0.29) is 41.8 Å². The van der Waals surface area contributed by atoms with Crippen molar-refractivity contribution in [2.24, 2.45) is 4.99 Å². The first kappa shape index (κ1) is 24.3. The summed E-state index contributed by atoms with van der Waals surface area (Å²) in [6.07, 6.45) is 1.55. The molecule has 1 fully saturated rings. The highest BCUT2D eigenvalue weighted by Gasteiger charge is 2.21. The summed E-state index contributed by atoms with van der Waals surface area (Å²) in [5.74, 6) is -0.211. The van der Waals surface area contributed by atoms with Gasteiger partial charge in [0.1, 0.15) is 17.8 Å². The maximum absolute atomic E-state index is 14.2. The van der Waals surface area contributed by atoms with Crippen molar-refractivity contribution in [1.29, 1.82) is 0 Å². The maximum Gasteiger partial charge on any atom is 0.387 e. The first-order chi connectivity index (χ1) is 14.1. The van der Waals surface area contributed by atoms with E-state index in [1.165, 1.54) is 18.2 Å². The van der Waals surface area contributed by atoms with Crippen molar-refractivity contribution in [2.75, 3.05) is 32.7 Å². The Hall–Kier alpha value is -2.02. The third-order valence-electron chi connectivity index (χ3n) is 4.56. The molecule has 0 radical (unpaired) electrons. The molecule has 0 amide bonds. The van der Waals surface area contributed by atoms with Gasteiger partial charge in [-0.25, -0.2) is 9.38 Å². The van der Waals surface area contributed by atoms with Gasteiger partial charge in [-0.2, -0.15) is 8.78 Å². The Morgan fingerprint density at radius 2 is 2.03 bits per heavy atom. The standard InChI is InChI=1S/C19H24F3N5O2.HI/c1-2-23-19(24-12-15-16(20)4-3-5-17(15)29-18(21)22)27-9-7-26(8-10-27)13-14-6-11-28-25-14;/h3-6,11,18H,2,7-10,12-13H2,1H3,(H,23,24);1H. The Balaban J connectivity index is 0.00000320. The van der Waals surface area contributed by atoms with Gasteiger partial charge in [0.05, 0.1) is 17.8 Å². The van der Waals surface area contributed by atoms with Crippen LogP contribution >= 0.6 is 24.0 Å². The third kappa shape index (κ3) is 6.76. The van der Waals surface area contributed by atoms with Crippen LogP contribution < -0.4 is 10.1 Å². The van der Waals surface area contributed by atoms with Gasteiger partial charge in [-0.3, -0.25) is 4.90 Å². The van der Waals surface area contributed by atoms with Gasteiger partial charge in [0.25, 0.3) is 0 Å². The van der Waals surface area contributed by atoms with Crippen molar-refractivity contribution >= 4 is 29.9 Å². The Morgan fingerprint density at radius 3 is 2.67 bits per heavy atom. The lowest BCUT2D eigenvalue weighted by Crippen LogP contribution is -2.52. The first-order valence-electron chi connectivity index (χ1n) is 9.44. The summed E-state index contributed by atoms with van der Waals surface area (Å²) in [5, 5.41) is 7.11. The Kier molecular flexibility index (Phi) is 9.69. The van der Waals surface area contributed by atoms with E-state index >= 15 is 0 Å². The number of hydrogen-bond donors (Lipinski definition) is 1. The van der Waals surface area contributed by atoms with Gasteiger partial charge in [0.2, 0.25) is 0 Å². The number of halogens is 4. The van der Waals surface area contributed by atoms with Gasteiger partial charge in [0.15, 0.2) is 5.96 Å². The molecule has 11 heteroatoms. The molecule has 0 atom stereocenters. The third-order valence-corrected chi connectivity index (χ3v) is 4.56. The Bertz CT molecular complexity index is 799. The molecule has 0 spiro atoms. The average Bonchev–Trinajstić information content (AvgIpc) is 3.20. The molecule has 1 aliphatic heterocycles. The van der Waals surface area contributed by atoms with Crippen molar-refractivity contribution in [3.63, 3.8) is 0 Å². The number of nitrogens with zero attached hydrogens (tertiary/aromatic N) is 4. The molecular weight excluding hydrogens is 514 g/mol. The van der Waals surface area contributed by atoms with Gasteiger partial charge >= 0.3 is 6.61 Å². The van der Waals surface area contributed by atoms with Crippen LogP contribution in [0.2, 0.25) is 0 Å². The number of aliphatic imine (C=N–C) groups is 1. The molecule has 1 aromatic heterocycles. The SMILES string of the molecule is CCNC(=NCc1c(F)cccc1OC(F)F)N1CCN(Cc2ccon2)CC1.I. The number of rotatable bonds is 7. The topological polar surface area (TPSA) is 66.1 Å². The zero-order chi connectivity index (χ0) is 20.6. The van der Waals surface area contributed by atoms with Crippen molar-refractivity contribution in [2.45, 2.75) is 26.6 Å². The minimum Gasteiger partial charge on any atom is -0.434 e. The first-order valence-corrected chi connectivity index (χ1v) is 9.44. The molecule has 2 heterocycles. The molecule has 0 saturated carbocycles. The molecule has 2 aromatic rings. The number of aromatic nitrogens is 1. The number of alkyl halides is 2.